The van der Waals surface area contributed by atoms with E-state index in [4.69, 9.17) is 0 Å². The van der Waals surface area contributed by atoms with E-state index >= 15 is 0 Å². The molecular weight excluding hydrogens is 148 g/mol. The van der Waals surface area contributed by atoms with Crippen LogP contribution < -0.4 is 5.32 Å². The van der Waals surface area contributed by atoms with Crippen molar-refractivity contribution in [2.24, 2.45) is 0 Å². The van der Waals surface area contributed by atoms with E-state index in [1.165, 1.54) is 12.8 Å². The molecule has 1 saturated heterocycles. The van der Waals surface area contributed by atoms with Crippen molar-refractivity contribution in [3.8, 4) is 0 Å². The molecule has 0 saturated carbocycles. The summed E-state index contributed by atoms with van der Waals surface area (Å²) in [5, 5.41) is 3.61. The van der Waals surface area contributed by atoms with Gasteiger partial charge in [-0.05, 0) is 47.7 Å². The maximum absolute atomic E-state index is 3.61. The minimum atomic E-state index is 0.312. The summed E-state index contributed by atoms with van der Waals surface area (Å²) in [5.41, 5.74) is 0.312. The van der Waals surface area contributed by atoms with E-state index in [9.17, 15) is 0 Å². The Balaban J connectivity index is 2.58. The number of piperidine rings is 1. The lowest BCUT2D eigenvalue weighted by molar-refractivity contribution is 0.139. The van der Waals surface area contributed by atoms with E-state index in [0.29, 0.717) is 11.6 Å². The van der Waals surface area contributed by atoms with Gasteiger partial charge in [-0.3, -0.25) is 0 Å². The molecule has 0 spiro atoms. The second-order valence-corrected chi connectivity index (χ2v) is 4.99. The maximum atomic E-state index is 3.61. The highest BCUT2D eigenvalue weighted by Gasteiger charge is 2.31. The molecule has 0 amide bonds. The predicted octanol–water partition coefficient (Wildman–Crippen LogP) is 1.47. The standard InChI is InChI=1S/C10H22N2/c1-8-6-9(12(4)5)7-10(2,3)11-8/h8-9,11H,6-7H2,1-5H3. The minimum absolute atomic E-state index is 0.312. The van der Waals surface area contributed by atoms with Crippen LogP contribution >= 0.6 is 0 Å². The lowest BCUT2D eigenvalue weighted by atomic mass is 9.85. The van der Waals surface area contributed by atoms with Crippen LogP contribution in [0.1, 0.15) is 33.6 Å². The van der Waals surface area contributed by atoms with Gasteiger partial charge in [-0.15, -0.1) is 0 Å². The van der Waals surface area contributed by atoms with Crippen LogP contribution in [0.25, 0.3) is 0 Å². The number of nitrogens with zero attached hydrogens (tertiary/aromatic N) is 1. The topological polar surface area (TPSA) is 15.3 Å². The third kappa shape index (κ3) is 2.46. The van der Waals surface area contributed by atoms with Gasteiger partial charge in [0.05, 0.1) is 0 Å². The Hall–Kier alpha value is -0.0800. The van der Waals surface area contributed by atoms with E-state index in [-0.39, 0.29) is 0 Å². The first-order valence-corrected chi connectivity index (χ1v) is 4.85. The van der Waals surface area contributed by atoms with Crippen LogP contribution in [0.3, 0.4) is 0 Å². The Morgan fingerprint density at radius 2 is 1.92 bits per heavy atom. The van der Waals surface area contributed by atoms with Gasteiger partial charge in [-0.25, -0.2) is 0 Å². The molecule has 2 heteroatoms. The summed E-state index contributed by atoms with van der Waals surface area (Å²) >= 11 is 0. The molecule has 0 bridgehead atoms. The highest BCUT2D eigenvalue weighted by atomic mass is 15.1. The van der Waals surface area contributed by atoms with Gasteiger partial charge in [0, 0.05) is 17.6 Å². The van der Waals surface area contributed by atoms with Crippen molar-refractivity contribution in [1.82, 2.24) is 10.2 Å². The van der Waals surface area contributed by atoms with Crippen molar-refractivity contribution >= 4 is 0 Å². The van der Waals surface area contributed by atoms with Gasteiger partial charge >= 0.3 is 0 Å². The number of nitrogens with one attached hydrogen (secondary N) is 1. The zero-order valence-electron chi connectivity index (χ0n) is 9.02. The molecule has 1 N–H and O–H groups in total. The smallest absolute Gasteiger partial charge is 0.0142 e. The van der Waals surface area contributed by atoms with Crippen LogP contribution in [0.4, 0.5) is 0 Å². The summed E-state index contributed by atoms with van der Waals surface area (Å²) < 4.78 is 0. The molecule has 1 rings (SSSR count). The van der Waals surface area contributed by atoms with Gasteiger partial charge in [0.1, 0.15) is 0 Å². The predicted molar refractivity (Wildman–Crippen MR) is 53.4 cm³/mol. The second kappa shape index (κ2) is 3.35. The van der Waals surface area contributed by atoms with Crippen LogP contribution in [0, 0.1) is 0 Å². The van der Waals surface area contributed by atoms with Crippen molar-refractivity contribution in [2.45, 2.75) is 51.2 Å². The molecule has 0 aliphatic carbocycles. The molecule has 0 aromatic heterocycles. The van der Waals surface area contributed by atoms with Gasteiger partial charge in [-0.1, -0.05) is 0 Å². The van der Waals surface area contributed by atoms with Crippen LogP contribution in [0.15, 0.2) is 0 Å². The third-order valence-corrected chi connectivity index (χ3v) is 2.74. The molecule has 12 heavy (non-hydrogen) atoms. The summed E-state index contributed by atoms with van der Waals surface area (Å²) in [6, 6.07) is 1.40. The fraction of sp³-hybridized carbons (Fsp3) is 1.00. The fourth-order valence-electron chi connectivity index (χ4n) is 2.26. The van der Waals surface area contributed by atoms with E-state index in [2.05, 4.69) is 45.1 Å². The molecule has 2 atom stereocenters. The molecule has 2 unspecified atom stereocenters. The monoisotopic (exact) mass is 170 g/mol. The minimum Gasteiger partial charge on any atom is -0.309 e. The molecule has 1 fully saturated rings. The Morgan fingerprint density at radius 3 is 2.33 bits per heavy atom. The van der Waals surface area contributed by atoms with Crippen LogP contribution in [-0.4, -0.2) is 36.6 Å². The van der Waals surface area contributed by atoms with Crippen molar-refractivity contribution in [3.05, 3.63) is 0 Å². The third-order valence-electron chi connectivity index (χ3n) is 2.74. The molecule has 72 valence electrons. The number of hydrogen-bond donors (Lipinski definition) is 1. The largest absolute Gasteiger partial charge is 0.309 e. The molecule has 0 aromatic carbocycles. The highest BCUT2D eigenvalue weighted by molar-refractivity contribution is 4.92. The summed E-state index contributed by atoms with van der Waals surface area (Å²) in [6.07, 6.45) is 2.53. The second-order valence-electron chi connectivity index (χ2n) is 4.99. The van der Waals surface area contributed by atoms with E-state index in [1.54, 1.807) is 0 Å². The fourth-order valence-corrected chi connectivity index (χ4v) is 2.26. The summed E-state index contributed by atoms with van der Waals surface area (Å²) in [4.78, 5) is 2.35. The van der Waals surface area contributed by atoms with Gasteiger partial charge in [0.2, 0.25) is 0 Å². The first-order chi connectivity index (χ1) is 5.41. The van der Waals surface area contributed by atoms with E-state index < -0.39 is 0 Å². The normalized spacial score (nSPS) is 35.5. The Morgan fingerprint density at radius 1 is 1.33 bits per heavy atom. The van der Waals surface area contributed by atoms with Crippen LogP contribution in [0.2, 0.25) is 0 Å². The Bertz CT molecular complexity index is 152. The van der Waals surface area contributed by atoms with Crippen LogP contribution in [-0.2, 0) is 0 Å². The molecule has 1 heterocycles. The first-order valence-electron chi connectivity index (χ1n) is 4.85. The zero-order chi connectivity index (χ0) is 9.35. The van der Waals surface area contributed by atoms with Crippen molar-refractivity contribution in [2.75, 3.05) is 14.1 Å². The molecule has 1 aliphatic rings. The van der Waals surface area contributed by atoms with Gasteiger partial charge in [0.15, 0.2) is 0 Å². The van der Waals surface area contributed by atoms with Crippen molar-refractivity contribution in [3.63, 3.8) is 0 Å². The van der Waals surface area contributed by atoms with Crippen molar-refractivity contribution in [1.29, 1.82) is 0 Å². The summed E-state index contributed by atoms with van der Waals surface area (Å²) in [5.74, 6) is 0. The molecular formula is C10H22N2. The van der Waals surface area contributed by atoms with Gasteiger partial charge in [0.25, 0.3) is 0 Å². The Kier molecular flexibility index (Phi) is 2.79. The van der Waals surface area contributed by atoms with Crippen LogP contribution in [0.5, 0.6) is 0 Å². The Labute approximate surface area is 76.3 Å². The van der Waals surface area contributed by atoms with E-state index in [1.807, 2.05) is 0 Å². The first kappa shape index (κ1) is 10.0. The lowest BCUT2D eigenvalue weighted by Crippen LogP contribution is -2.55. The molecule has 2 nitrogen and oxygen atoms in total. The summed E-state index contributed by atoms with van der Waals surface area (Å²) in [7, 11) is 4.36. The van der Waals surface area contributed by atoms with Gasteiger partial charge < -0.3 is 10.2 Å². The van der Waals surface area contributed by atoms with E-state index in [0.717, 1.165) is 6.04 Å². The van der Waals surface area contributed by atoms with Crippen molar-refractivity contribution < 1.29 is 0 Å². The number of hydrogen-bond acceptors (Lipinski definition) is 2. The summed E-state index contributed by atoms with van der Waals surface area (Å²) in [6.45, 7) is 6.86. The molecule has 1 aliphatic heterocycles. The number of rotatable bonds is 1. The highest BCUT2D eigenvalue weighted by Crippen LogP contribution is 2.24. The quantitative estimate of drug-likeness (QED) is 0.641. The SMILES string of the molecule is CC1CC(N(C)C)CC(C)(C)N1. The maximum Gasteiger partial charge on any atom is 0.0142 e. The zero-order valence-corrected chi connectivity index (χ0v) is 9.02. The average molecular weight is 170 g/mol. The lowest BCUT2D eigenvalue weighted by Gasteiger charge is -2.42. The molecule has 0 radical (unpaired) electrons. The molecule has 0 aromatic rings. The van der Waals surface area contributed by atoms with Gasteiger partial charge in [-0.2, -0.15) is 0 Å². The average Bonchev–Trinajstić information content (AvgIpc) is 1.82.